The van der Waals surface area contributed by atoms with Gasteiger partial charge in [0.1, 0.15) is 5.82 Å². The molecule has 2 rings (SSSR count). The zero-order valence-corrected chi connectivity index (χ0v) is 13.7. The van der Waals surface area contributed by atoms with Gasteiger partial charge in [0.05, 0.1) is 0 Å². The third kappa shape index (κ3) is 3.80. The van der Waals surface area contributed by atoms with E-state index in [0.717, 1.165) is 26.6 Å². The highest BCUT2D eigenvalue weighted by Crippen LogP contribution is 2.24. The molecule has 2 aromatic rings. The van der Waals surface area contributed by atoms with Crippen LogP contribution in [0.1, 0.15) is 18.1 Å². The molecule has 0 aliphatic heterocycles. The standard InChI is InChI=1S/C15H14Br2FN/c1-2-10-7-12(16)4-6-15(10)19-9-11-3-5-13(18)8-14(11)17/h3-8,19H,2,9H2,1H3. The third-order valence-corrected chi connectivity index (χ3v) is 4.16. The summed E-state index contributed by atoms with van der Waals surface area (Å²) in [5.41, 5.74) is 3.40. The van der Waals surface area contributed by atoms with Gasteiger partial charge in [-0.2, -0.15) is 0 Å². The Balaban J connectivity index is 2.14. The number of benzene rings is 2. The average molecular weight is 387 g/mol. The zero-order chi connectivity index (χ0) is 13.8. The van der Waals surface area contributed by atoms with E-state index in [0.29, 0.717) is 6.54 Å². The minimum absolute atomic E-state index is 0.228. The first-order chi connectivity index (χ1) is 9.10. The van der Waals surface area contributed by atoms with Gasteiger partial charge in [-0.1, -0.05) is 44.8 Å². The summed E-state index contributed by atoms with van der Waals surface area (Å²) in [6, 6.07) is 10.9. The number of hydrogen-bond donors (Lipinski definition) is 1. The summed E-state index contributed by atoms with van der Waals surface area (Å²) in [4.78, 5) is 0. The molecule has 1 N–H and O–H groups in total. The van der Waals surface area contributed by atoms with Crippen LogP contribution >= 0.6 is 31.9 Å². The minimum Gasteiger partial charge on any atom is -0.381 e. The minimum atomic E-state index is -0.228. The lowest BCUT2D eigenvalue weighted by Crippen LogP contribution is -2.03. The number of anilines is 1. The van der Waals surface area contributed by atoms with Crippen LogP contribution in [0.15, 0.2) is 45.3 Å². The third-order valence-electron chi connectivity index (χ3n) is 2.93. The number of rotatable bonds is 4. The molecule has 100 valence electrons. The van der Waals surface area contributed by atoms with Gasteiger partial charge in [-0.3, -0.25) is 0 Å². The summed E-state index contributed by atoms with van der Waals surface area (Å²) in [6.45, 7) is 2.79. The summed E-state index contributed by atoms with van der Waals surface area (Å²) in [5.74, 6) is -0.228. The van der Waals surface area contributed by atoms with E-state index in [2.05, 4.69) is 56.2 Å². The summed E-state index contributed by atoms with van der Waals surface area (Å²) < 4.78 is 14.9. The second-order valence-corrected chi connectivity index (χ2v) is 6.01. The number of hydrogen-bond acceptors (Lipinski definition) is 1. The topological polar surface area (TPSA) is 12.0 Å². The molecule has 0 bridgehead atoms. The lowest BCUT2D eigenvalue weighted by molar-refractivity contribution is 0.626. The fourth-order valence-corrected chi connectivity index (χ4v) is 2.78. The van der Waals surface area contributed by atoms with Crippen molar-refractivity contribution < 1.29 is 4.39 Å². The highest BCUT2D eigenvalue weighted by molar-refractivity contribution is 9.10. The Morgan fingerprint density at radius 2 is 1.84 bits per heavy atom. The maximum absolute atomic E-state index is 13.0. The normalized spacial score (nSPS) is 10.5. The van der Waals surface area contributed by atoms with Gasteiger partial charge >= 0.3 is 0 Å². The number of aryl methyl sites for hydroxylation is 1. The molecule has 4 heteroatoms. The molecule has 0 aliphatic rings. The van der Waals surface area contributed by atoms with Crippen molar-refractivity contribution in [3.05, 3.63) is 62.3 Å². The Morgan fingerprint density at radius 1 is 1.05 bits per heavy atom. The molecule has 0 saturated carbocycles. The van der Waals surface area contributed by atoms with E-state index in [-0.39, 0.29) is 5.82 Å². The molecule has 1 nitrogen and oxygen atoms in total. The summed E-state index contributed by atoms with van der Waals surface area (Å²) in [5, 5.41) is 3.39. The van der Waals surface area contributed by atoms with Crippen LogP contribution in [0.25, 0.3) is 0 Å². The van der Waals surface area contributed by atoms with E-state index in [1.54, 1.807) is 6.07 Å². The Labute approximate surface area is 129 Å². The Morgan fingerprint density at radius 3 is 2.53 bits per heavy atom. The molecule has 0 fully saturated rings. The maximum atomic E-state index is 13.0. The molecule has 0 unspecified atom stereocenters. The summed E-state index contributed by atoms with van der Waals surface area (Å²) in [6.07, 6.45) is 0.965. The van der Waals surface area contributed by atoms with Crippen LogP contribution in [-0.2, 0) is 13.0 Å². The first-order valence-corrected chi connectivity index (χ1v) is 7.65. The largest absolute Gasteiger partial charge is 0.381 e. The fourth-order valence-electron chi connectivity index (χ4n) is 1.88. The molecular formula is C15H14Br2FN. The van der Waals surface area contributed by atoms with E-state index in [1.807, 2.05) is 6.07 Å². The molecule has 0 atom stereocenters. The fraction of sp³-hybridized carbons (Fsp3) is 0.200. The predicted molar refractivity (Wildman–Crippen MR) is 84.9 cm³/mol. The van der Waals surface area contributed by atoms with E-state index >= 15 is 0 Å². The molecule has 19 heavy (non-hydrogen) atoms. The highest BCUT2D eigenvalue weighted by Gasteiger charge is 2.04. The van der Waals surface area contributed by atoms with E-state index in [1.165, 1.54) is 17.7 Å². The van der Waals surface area contributed by atoms with Crippen LogP contribution in [0.5, 0.6) is 0 Å². The zero-order valence-electron chi connectivity index (χ0n) is 10.5. The number of halogens is 3. The quantitative estimate of drug-likeness (QED) is 0.728. The van der Waals surface area contributed by atoms with Crippen molar-refractivity contribution in [1.82, 2.24) is 0 Å². The molecule has 0 spiro atoms. The van der Waals surface area contributed by atoms with E-state index in [9.17, 15) is 4.39 Å². The lowest BCUT2D eigenvalue weighted by atomic mass is 10.1. The van der Waals surface area contributed by atoms with Gasteiger partial charge < -0.3 is 5.32 Å². The van der Waals surface area contributed by atoms with Crippen LogP contribution < -0.4 is 5.32 Å². The molecule has 0 aliphatic carbocycles. The van der Waals surface area contributed by atoms with Crippen LogP contribution in [-0.4, -0.2) is 0 Å². The van der Waals surface area contributed by atoms with Gasteiger partial charge in [-0.25, -0.2) is 4.39 Å². The SMILES string of the molecule is CCc1cc(Br)ccc1NCc1ccc(F)cc1Br. The average Bonchev–Trinajstić information content (AvgIpc) is 2.39. The van der Waals surface area contributed by atoms with Gasteiger partial charge in [0, 0.05) is 21.2 Å². The van der Waals surface area contributed by atoms with Crippen molar-refractivity contribution in [3.8, 4) is 0 Å². The molecular weight excluding hydrogens is 373 g/mol. The Bertz CT molecular complexity index is 584. The van der Waals surface area contributed by atoms with Crippen LogP contribution in [0.3, 0.4) is 0 Å². The summed E-state index contributed by atoms with van der Waals surface area (Å²) >= 11 is 6.86. The smallest absolute Gasteiger partial charge is 0.124 e. The predicted octanol–water partition coefficient (Wildman–Crippen LogP) is 5.53. The van der Waals surface area contributed by atoms with Crippen molar-refractivity contribution >= 4 is 37.5 Å². The van der Waals surface area contributed by atoms with Crippen molar-refractivity contribution in [2.75, 3.05) is 5.32 Å². The Kier molecular flexibility index (Phi) is 4.99. The van der Waals surface area contributed by atoms with Crippen LogP contribution in [0.4, 0.5) is 10.1 Å². The lowest BCUT2D eigenvalue weighted by Gasteiger charge is -2.12. The van der Waals surface area contributed by atoms with Gasteiger partial charge in [0.15, 0.2) is 0 Å². The first-order valence-electron chi connectivity index (χ1n) is 6.06. The van der Waals surface area contributed by atoms with Crippen LogP contribution in [0.2, 0.25) is 0 Å². The molecule has 2 aromatic carbocycles. The molecule has 0 saturated heterocycles. The van der Waals surface area contributed by atoms with Gasteiger partial charge in [-0.15, -0.1) is 0 Å². The van der Waals surface area contributed by atoms with E-state index < -0.39 is 0 Å². The molecule has 0 amide bonds. The van der Waals surface area contributed by atoms with Crippen molar-refractivity contribution in [3.63, 3.8) is 0 Å². The Hall–Kier alpha value is -0.870. The number of nitrogens with one attached hydrogen (secondary N) is 1. The molecule has 0 heterocycles. The second-order valence-electron chi connectivity index (χ2n) is 4.24. The van der Waals surface area contributed by atoms with Gasteiger partial charge in [0.2, 0.25) is 0 Å². The highest BCUT2D eigenvalue weighted by atomic mass is 79.9. The van der Waals surface area contributed by atoms with Gasteiger partial charge in [-0.05, 0) is 47.9 Å². The van der Waals surface area contributed by atoms with Gasteiger partial charge in [0.25, 0.3) is 0 Å². The van der Waals surface area contributed by atoms with E-state index in [4.69, 9.17) is 0 Å². The summed E-state index contributed by atoms with van der Waals surface area (Å²) in [7, 11) is 0. The van der Waals surface area contributed by atoms with Crippen molar-refractivity contribution in [2.24, 2.45) is 0 Å². The molecule has 0 radical (unpaired) electrons. The first kappa shape index (κ1) is 14.5. The van der Waals surface area contributed by atoms with Crippen LogP contribution in [0, 0.1) is 5.82 Å². The maximum Gasteiger partial charge on any atom is 0.124 e. The van der Waals surface area contributed by atoms with Crippen molar-refractivity contribution in [2.45, 2.75) is 19.9 Å². The second kappa shape index (κ2) is 6.53. The van der Waals surface area contributed by atoms with Crippen molar-refractivity contribution in [1.29, 1.82) is 0 Å². The molecule has 0 aromatic heterocycles. The monoisotopic (exact) mass is 385 g/mol.